The first-order chi connectivity index (χ1) is 10.6. The zero-order valence-corrected chi connectivity index (χ0v) is 12.8. The van der Waals surface area contributed by atoms with E-state index in [0.717, 1.165) is 5.56 Å². The maximum absolute atomic E-state index is 11.9. The van der Waals surface area contributed by atoms with Crippen molar-refractivity contribution in [3.8, 4) is 11.4 Å². The highest BCUT2D eigenvalue weighted by molar-refractivity contribution is 6.30. The maximum Gasteiger partial charge on any atom is 0.341 e. The Kier molecular flexibility index (Phi) is 3.77. The summed E-state index contributed by atoms with van der Waals surface area (Å²) in [5, 5.41) is 5.01. The monoisotopic (exact) mass is 316 g/mol. The Morgan fingerprint density at radius 3 is 2.95 bits per heavy atom. The van der Waals surface area contributed by atoms with E-state index in [1.807, 2.05) is 12.1 Å². The molecule has 0 radical (unpaired) electrons. The van der Waals surface area contributed by atoms with Crippen LogP contribution in [0.15, 0.2) is 30.5 Å². The summed E-state index contributed by atoms with van der Waals surface area (Å²) < 4.78 is 6.54. The average Bonchev–Trinajstić information content (AvgIpc) is 2.93. The Labute approximate surface area is 131 Å². The average molecular weight is 317 g/mol. The van der Waals surface area contributed by atoms with Crippen LogP contribution in [-0.4, -0.2) is 32.2 Å². The van der Waals surface area contributed by atoms with Crippen LogP contribution in [-0.2, 0) is 4.74 Å². The lowest BCUT2D eigenvalue weighted by Gasteiger charge is -2.05. The number of rotatable bonds is 3. The molecule has 0 aliphatic heterocycles. The van der Waals surface area contributed by atoms with Crippen LogP contribution in [0.2, 0.25) is 5.02 Å². The summed E-state index contributed by atoms with van der Waals surface area (Å²) >= 11 is 5.99. The molecule has 0 saturated heterocycles. The Morgan fingerprint density at radius 2 is 2.23 bits per heavy atom. The molecule has 0 saturated carbocycles. The Bertz CT molecular complexity index is 860. The molecular weight excluding hydrogens is 304 g/mol. The lowest BCUT2D eigenvalue weighted by molar-refractivity contribution is 0.0524. The van der Waals surface area contributed by atoms with E-state index >= 15 is 0 Å². The molecule has 6 nitrogen and oxygen atoms in total. The quantitative estimate of drug-likeness (QED) is 0.695. The minimum Gasteiger partial charge on any atom is -0.462 e. The van der Waals surface area contributed by atoms with Gasteiger partial charge in [0.2, 0.25) is 0 Å². The molecule has 0 bridgehead atoms. The zero-order valence-electron chi connectivity index (χ0n) is 12.1. The number of fused-ring (bicyclic) bond motifs is 1. The first-order valence-electron chi connectivity index (χ1n) is 6.75. The molecule has 0 aliphatic carbocycles. The summed E-state index contributed by atoms with van der Waals surface area (Å²) in [6.07, 6.45) is 1.46. The Balaban J connectivity index is 2.10. The molecule has 1 aromatic carbocycles. The summed E-state index contributed by atoms with van der Waals surface area (Å²) in [4.78, 5) is 20.4. The van der Waals surface area contributed by atoms with Gasteiger partial charge in [0.1, 0.15) is 0 Å². The largest absolute Gasteiger partial charge is 0.462 e. The molecule has 0 atom stereocenters. The van der Waals surface area contributed by atoms with E-state index in [9.17, 15) is 4.79 Å². The number of carbonyl (C=O) groups is 1. The van der Waals surface area contributed by atoms with Gasteiger partial charge in [0, 0.05) is 16.8 Å². The normalized spacial score (nSPS) is 10.9. The van der Waals surface area contributed by atoms with Gasteiger partial charge in [-0.3, -0.25) is 0 Å². The smallest absolute Gasteiger partial charge is 0.341 e. The number of halogens is 1. The van der Waals surface area contributed by atoms with Crippen molar-refractivity contribution in [2.24, 2.45) is 0 Å². The highest BCUT2D eigenvalue weighted by atomic mass is 35.5. The van der Waals surface area contributed by atoms with Crippen molar-refractivity contribution in [1.82, 2.24) is 19.6 Å². The summed E-state index contributed by atoms with van der Waals surface area (Å²) in [5.41, 5.74) is 1.79. The molecule has 3 rings (SSSR count). The van der Waals surface area contributed by atoms with Crippen LogP contribution in [0.25, 0.3) is 17.2 Å². The van der Waals surface area contributed by atoms with Crippen LogP contribution in [0.1, 0.15) is 23.0 Å². The fraction of sp³-hybridized carbons (Fsp3) is 0.200. The second-order valence-electron chi connectivity index (χ2n) is 4.64. The van der Waals surface area contributed by atoms with Crippen LogP contribution < -0.4 is 0 Å². The van der Waals surface area contributed by atoms with Gasteiger partial charge < -0.3 is 4.74 Å². The van der Waals surface area contributed by atoms with Gasteiger partial charge in [0.15, 0.2) is 5.82 Å². The number of ether oxygens (including phenoxy) is 1. The Morgan fingerprint density at radius 1 is 1.41 bits per heavy atom. The minimum absolute atomic E-state index is 0.307. The molecule has 2 aromatic heterocycles. The van der Waals surface area contributed by atoms with Gasteiger partial charge in [-0.2, -0.15) is 4.98 Å². The van der Waals surface area contributed by atoms with Crippen molar-refractivity contribution < 1.29 is 9.53 Å². The number of aromatic nitrogens is 4. The molecule has 112 valence electrons. The number of hydrogen-bond acceptors (Lipinski definition) is 5. The van der Waals surface area contributed by atoms with Crippen molar-refractivity contribution in [3.63, 3.8) is 0 Å². The van der Waals surface area contributed by atoms with Crippen LogP contribution in [0.3, 0.4) is 0 Å². The molecule has 2 heterocycles. The molecule has 0 amide bonds. The molecular formula is C15H13ClN4O2. The molecule has 0 unspecified atom stereocenters. The third-order valence-corrected chi connectivity index (χ3v) is 3.42. The standard InChI is InChI=1S/C15H13ClN4O2/c1-3-22-14(21)12-8-17-15-18-13(19-20(15)9(12)2)10-5-4-6-11(16)7-10/h4-8H,3H2,1-2H3. The van der Waals surface area contributed by atoms with E-state index in [1.54, 1.807) is 26.0 Å². The highest BCUT2D eigenvalue weighted by Crippen LogP contribution is 2.21. The number of hydrogen-bond donors (Lipinski definition) is 0. The predicted molar refractivity (Wildman–Crippen MR) is 81.9 cm³/mol. The number of carbonyl (C=O) groups excluding carboxylic acids is 1. The molecule has 0 N–H and O–H groups in total. The highest BCUT2D eigenvalue weighted by Gasteiger charge is 2.16. The second-order valence-corrected chi connectivity index (χ2v) is 5.07. The number of esters is 1. The van der Waals surface area contributed by atoms with Gasteiger partial charge in [-0.1, -0.05) is 23.7 Å². The third kappa shape index (κ3) is 2.53. The van der Waals surface area contributed by atoms with Crippen LogP contribution >= 0.6 is 11.6 Å². The number of aryl methyl sites for hydroxylation is 1. The molecule has 0 aliphatic rings. The van der Waals surface area contributed by atoms with Gasteiger partial charge in [-0.05, 0) is 26.0 Å². The first-order valence-corrected chi connectivity index (χ1v) is 7.13. The van der Waals surface area contributed by atoms with Crippen LogP contribution in [0, 0.1) is 6.92 Å². The Hall–Kier alpha value is -2.47. The molecule has 7 heteroatoms. The van der Waals surface area contributed by atoms with Crippen molar-refractivity contribution >= 4 is 23.3 Å². The maximum atomic E-state index is 11.9. The van der Waals surface area contributed by atoms with E-state index in [2.05, 4.69) is 15.1 Å². The fourth-order valence-corrected chi connectivity index (χ4v) is 2.29. The van der Waals surface area contributed by atoms with Crippen LogP contribution in [0.4, 0.5) is 0 Å². The van der Waals surface area contributed by atoms with Crippen LogP contribution in [0.5, 0.6) is 0 Å². The summed E-state index contributed by atoms with van der Waals surface area (Å²) in [6, 6.07) is 7.25. The molecule has 22 heavy (non-hydrogen) atoms. The topological polar surface area (TPSA) is 69.4 Å². The fourth-order valence-electron chi connectivity index (χ4n) is 2.10. The van der Waals surface area contributed by atoms with E-state index in [4.69, 9.17) is 16.3 Å². The van der Waals surface area contributed by atoms with Crippen molar-refractivity contribution in [2.45, 2.75) is 13.8 Å². The van der Waals surface area contributed by atoms with Gasteiger partial charge in [0.05, 0.1) is 17.9 Å². The third-order valence-electron chi connectivity index (χ3n) is 3.18. The van der Waals surface area contributed by atoms with Gasteiger partial charge in [-0.25, -0.2) is 14.3 Å². The van der Waals surface area contributed by atoms with E-state index in [0.29, 0.717) is 34.5 Å². The predicted octanol–water partition coefficient (Wildman–Crippen LogP) is 2.93. The van der Waals surface area contributed by atoms with E-state index in [-0.39, 0.29) is 0 Å². The number of benzene rings is 1. The van der Waals surface area contributed by atoms with Gasteiger partial charge >= 0.3 is 5.97 Å². The second kappa shape index (κ2) is 5.73. The summed E-state index contributed by atoms with van der Waals surface area (Å²) in [5.74, 6) is 0.494. The van der Waals surface area contributed by atoms with E-state index in [1.165, 1.54) is 10.7 Å². The zero-order chi connectivity index (χ0) is 15.7. The van der Waals surface area contributed by atoms with Gasteiger partial charge in [-0.15, -0.1) is 5.10 Å². The van der Waals surface area contributed by atoms with Gasteiger partial charge in [0.25, 0.3) is 5.78 Å². The molecule has 0 spiro atoms. The van der Waals surface area contributed by atoms with E-state index < -0.39 is 5.97 Å². The first kappa shape index (κ1) is 14.5. The molecule has 3 aromatic rings. The van der Waals surface area contributed by atoms with Crippen molar-refractivity contribution in [1.29, 1.82) is 0 Å². The number of nitrogens with zero attached hydrogens (tertiary/aromatic N) is 4. The van der Waals surface area contributed by atoms with Crippen molar-refractivity contribution in [3.05, 3.63) is 46.7 Å². The lowest BCUT2D eigenvalue weighted by Crippen LogP contribution is -2.11. The molecule has 0 fully saturated rings. The minimum atomic E-state index is -0.422. The summed E-state index contributed by atoms with van der Waals surface area (Å²) in [6.45, 7) is 3.84. The van der Waals surface area contributed by atoms with Crippen molar-refractivity contribution in [2.75, 3.05) is 6.61 Å². The lowest BCUT2D eigenvalue weighted by atomic mass is 10.2. The SMILES string of the molecule is CCOC(=O)c1cnc2nc(-c3cccc(Cl)c3)nn2c1C. The summed E-state index contributed by atoms with van der Waals surface area (Å²) in [7, 11) is 0.